The van der Waals surface area contributed by atoms with Gasteiger partial charge in [0, 0.05) is 29.8 Å². The van der Waals surface area contributed by atoms with Gasteiger partial charge in [0.2, 0.25) is 5.95 Å². The fourth-order valence-corrected chi connectivity index (χ4v) is 4.40. The molecule has 0 saturated heterocycles. The number of anilines is 2. The van der Waals surface area contributed by atoms with Crippen molar-refractivity contribution in [1.82, 2.24) is 9.97 Å². The summed E-state index contributed by atoms with van der Waals surface area (Å²) in [5.74, 6) is -2.52. The SMILES string of the molecule is CN(C(=O)O)c1nc2cc(C3(O)c4ccccc4C(=O)N3c3cc(Br)c(F)cc3F)ccc2[nH]1. The van der Waals surface area contributed by atoms with Crippen LogP contribution in [-0.2, 0) is 5.72 Å². The summed E-state index contributed by atoms with van der Waals surface area (Å²) in [7, 11) is 1.32. The van der Waals surface area contributed by atoms with Crippen LogP contribution in [0, 0.1) is 11.6 Å². The molecule has 3 N–H and O–H groups in total. The lowest BCUT2D eigenvalue weighted by molar-refractivity contribution is 0.0698. The van der Waals surface area contributed by atoms with Crippen LogP contribution in [0.5, 0.6) is 0 Å². The molecule has 1 aliphatic heterocycles. The molecule has 0 radical (unpaired) electrons. The van der Waals surface area contributed by atoms with Crippen LogP contribution in [0.4, 0.5) is 25.2 Å². The van der Waals surface area contributed by atoms with E-state index >= 15 is 0 Å². The number of aliphatic hydroxyl groups is 1. The van der Waals surface area contributed by atoms with Crippen molar-refractivity contribution in [3.05, 3.63) is 87.4 Å². The predicted molar refractivity (Wildman–Crippen MR) is 123 cm³/mol. The third-order valence-corrected chi connectivity index (χ3v) is 6.38. The van der Waals surface area contributed by atoms with E-state index in [-0.39, 0.29) is 32.8 Å². The highest BCUT2D eigenvalue weighted by Crippen LogP contribution is 2.46. The molecule has 0 fully saturated rings. The molecule has 2 heterocycles. The second kappa shape index (κ2) is 7.61. The minimum Gasteiger partial charge on any atom is -0.465 e. The van der Waals surface area contributed by atoms with Crippen molar-refractivity contribution < 1.29 is 28.6 Å². The van der Waals surface area contributed by atoms with E-state index in [0.29, 0.717) is 17.1 Å². The molecule has 11 heteroatoms. The Hall–Kier alpha value is -3.83. The number of hydrogen-bond acceptors (Lipinski definition) is 4. The summed E-state index contributed by atoms with van der Waals surface area (Å²) < 4.78 is 28.7. The molecule has 0 aliphatic carbocycles. The summed E-state index contributed by atoms with van der Waals surface area (Å²) in [6, 6.07) is 12.6. The lowest BCUT2D eigenvalue weighted by Crippen LogP contribution is -2.45. The average molecular weight is 529 g/mol. The second-order valence-corrected chi connectivity index (χ2v) is 8.56. The number of carbonyl (C=O) groups is 2. The van der Waals surface area contributed by atoms with Gasteiger partial charge in [-0.25, -0.2) is 18.6 Å². The molecule has 1 aromatic heterocycles. The van der Waals surface area contributed by atoms with E-state index in [1.54, 1.807) is 24.3 Å². The van der Waals surface area contributed by atoms with E-state index in [9.17, 15) is 28.6 Å². The monoisotopic (exact) mass is 528 g/mol. The van der Waals surface area contributed by atoms with Crippen LogP contribution < -0.4 is 9.80 Å². The number of aromatic amines is 1. The standard InChI is InChI=1S/C23H15BrF2N4O4/c1-29(22(32)33)21-27-17-7-6-11(8-18(17)28-21)23(34)13-5-3-2-4-12(13)20(31)30(23)19-9-14(24)15(25)10-16(19)26/h2-10,34H,1H3,(H,27,28)(H,32,33). The van der Waals surface area contributed by atoms with Gasteiger partial charge in [-0.3, -0.25) is 14.6 Å². The van der Waals surface area contributed by atoms with Gasteiger partial charge in [0.1, 0.15) is 11.6 Å². The Morgan fingerprint density at radius 1 is 1.15 bits per heavy atom. The molecule has 0 saturated carbocycles. The van der Waals surface area contributed by atoms with Gasteiger partial charge in [-0.05, 0) is 40.2 Å². The minimum absolute atomic E-state index is 0.0555. The number of nitrogens with one attached hydrogen (secondary N) is 1. The zero-order chi connectivity index (χ0) is 24.4. The number of nitrogens with zero attached hydrogens (tertiary/aromatic N) is 3. The van der Waals surface area contributed by atoms with Crippen LogP contribution in [0.2, 0.25) is 0 Å². The van der Waals surface area contributed by atoms with Crippen molar-refractivity contribution >= 4 is 50.6 Å². The van der Waals surface area contributed by atoms with E-state index in [2.05, 4.69) is 25.9 Å². The fourth-order valence-electron chi connectivity index (χ4n) is 4.07. The number of rotatable bonds is 3. The molecule has 1 aliphatic rings. The number of carbonyl (C=O) groups excluding carboxylic acids is 1. The molecule has 2 amide bonds. The Morgan fingerprint density at radius 2 is 1.88 bits per heavy atom. The number of halogens is 3. The number of hydrogen-bond donors (Lipinski definition) is 3. The fraction of sp³-hybridized carbons (Fsp3) is 0.0870. The van der Waals surface area contributed by atoms with Crippen molar-refractivity contribution in [2.75, 3.05) is 16.8 Å². The molecular weight excluding hydrogens is 514 g/mol. The van der Waals surface area contributed by atoms with Crippen LogP contribution >= 0.6 is 15.9 Å². The Morgan fingerprint density at radius 3 is 2.62 bits per heavy atom. The van der Waals surface area contributed by atoms with Gasteiger partial charge < -0.3 is 15.2 Å². The van der Waals surface area contributed by atoms with Gasteiger partial charge in [0.15, 0.2) is 5.72 Å². The highest BCUT2D eigenvalue weighted by Gasteiger charge is 2.51. The van der Waals surface area contributed by atoms with Crippen LogP contribution in [0.15, 0.2) is 59.1 Å². The maximum Gasteiger partial charge on any atom is 0.413 e. The number of amides is 2. The maximum absolute atomic E-state index is 14.9. The summed E-state index contributed by atoms with van der Waals surface area (Å²) in [5.41, 5.74) is -1.16. The highest BCUT2D eigenvalue weighted by atomic mass is 79.9. The van der Waals surface area contributed by atoms with Crippen LogP contribution in [0.3, 0.4) is 0 Å². The Bertz CT molecular complexity index is 1510. The van der Waals surface area contributed by atoms with E-state index in [1.165, 1.54) is 25.2 Å². The lowest BCUT2D eigenvalue weighted by Gasteiger charge is -2.35. The third kappa shape index (κ3) is 3.08. The van der Waals surface area contributed by atoms with Crippen molar-refractivity contribution in [1.29, 1.82) is 0 Å². The number of carboxylic acid groups (broad SMARTS) is 1. The summed E-state index contributed by atoms with van der Waals surface area (Å²) in [4.78, 5) is 33.5. The first-order valence-corrected chi connectivity index (χ1v) is 10.7. The molecule has 8 nitrogen and oxygen atoms in total. The van der Waals surface area contributed by atoms with E-state index < -0.39 is 29.4 Å². The normalized spacial score (nSPS) is 17.3. The Balaban J connectivity index is 1.74. The van der Waals surface area contributed by atoms with Gasteiger partial charge in [-0.15, -0.1) is 0 Å². The van der Waals surface area contributed by atoms with Gasteiger partial charge in [0.05, 0.1) is 21.2 Å². The summed E-state index contributed by atoms with van der Waals surface area (Å²) in [5, 5.41) is 21.2. The Labute approximate surface area is 199 Å². The molecule has 34 heavy (non-hydrogen) atoms. The van der Waals surface area contributed by atoms with Crippen molar-refractivity contribution in [2.45, 2.75) is 5.72 Å². The average Bonchev–Trinajstić information content (AvgIpc) is 3.33. The van der Waals surface area contributed by atoms with E-state index in [0.717, 1.165) is 15.9 Å². The summed E-state index contributed by atoms with van der Waals surface area (Å²) in [6.45, 7) is 0. The minimum atomic E-state index is -2.15. The summed E-state index contributed by atoms with van der Waals surface area (Å²) in [6.07, 6.45) is -1.23. The molecule has 1 atom stereocenters. The highest BCUT2D eigenvalue weighted by molar-refractivity contribution is 9.10. The van der Waals surface area contributed by atoms with Crippen molar-refractivity contribution in [3.63, 3.8) is 0 Å². The van der Waals surface area contributed by atoms with Crippen LogP contribution in [0.25, 0.3) is 11.0 Å². The topological polar surface area (TPSA) is 110 Å². The zero-order valence-corrected chi connectivity index (χ0v) is 19.0. The van der Waals surface area contributed by atoms with E-state index in [4.69, 9.17) is 0 Å². The largest absolute Gasteiger partial charge is 0.465 e. The molecular formula is C23H15BrF2N4O4. The smallest absolute Gasteiger partial charge is 0.413 e. The first-order chi connectivity index (χ1) is 16.1. The lowest BCUT2D eigenvalue weighted by atomic mass is 9.93. The predicted octanol–water partition coefficient (Wildman–Crippen LogP) is 4.57. The Kier molecular flexibility index (Phi) is 4.92. The molecule has 4 aromatic rings. The molecule has 0 bridgehead atoms. The quantitative estimate of drug-likeness (QED) is 0.337. The first-order valence-electron chi connectivity index (χ1n) is 9.90. The number of aromatic nitrogens is 2. The molecule has 172 valence electrons. The van der Waals surface area contributed by atoms with Crippen LogP contribution in [-0.4, -0.2) is 39.2 Å². The number of benzene rings is 3. The molecule has 1 unspecified atom stereocenters. The molecule has 5 rings (SSSR count). The molecule has 0 spiro atoms. The van der Waals surface area contributed by atoms with Crippen molar-refractivity contribution in [2.24, 2.45) is 0 Å². The second-order valence-electron chi connectivity index (χ2n) is 7.71. The first kappa shape index (κ1) is 22.0. The van der Waals surface area contributed by atoms with Crippen LogP contribution in [0.1, 0.15) is 21.5 Å². The summed E-state index contributed by atoms with van der Waals surface area (Å²) >= 11 is 3.01. The van der Waals surface area contributed by atoms with Gasteiger partial charge in [-0.2, -0.15) is 0 Å². The van der Waals surface area contributed by atoms with Gasteiger partial charge >= 0.3 is 6.09 Å². The zero-order valence-electron chi connectivity index (χ0n) is 17.4. The third-order valence-electron chi connectivity index (χ3n) is 5.77. The number of H-pyrrole nitrogens is 1. The molecule has 3 aromatic carbocycles. The van der Waals surface area contributed by atoms with Gasteiger partial charge in [-0.1, -0.05) is 24.3 Å². The van der Waals surface area contributed by atoms with Gasteiger partial charge in [0.25, 0.3) is 5.91 Å². The number of imidazole rings is 1. The maximum atomic E-state index is 14.9. The van der Waals surface area contributed by atoms with E-state index in [1.807, 2.05) is 0 Å². The number of fused-ring (bicyclic) bond motifs is 2. The van der Waals surface area contributed by atoms with Crippen molar-refractivity contribution in [3.8, 4) is 0 Å².